The molecule has 7 aromatic rings. The Kier molecular flexibility index (Phi) is 26.6. The Balaban J connectivity index is 0.000000227. The summed E-state index contributed by atoms with van der Waals surface area (Å²) in [4.78, 5) is 49.0. The third-order valence-corrected chi connectivity index (χ3v) is 11.7. The molecule has 0 bridgehead atoms. The van der Waals surface area contributed by atoms with Gasteiger partial charge in [0, 0.05) is 53.6 Å². The highest BCUT2D eigenvalue weighted by Crippen LogP contribution is 2.21. The van der Waals surface area contributed by atoms with Crippen molar-refractivity contribution in [1.82, 2.24) is 26.3 Å². The quantitative estimate of drug-likeness (QED) is 0.0316. The van der Waals surface area contributed by atoms with Gasteiger partial charge in [-0.15, -0.1) is 0 Å². The number of pyridine rings is 1. The number of carbonyl (C=O) groups is 4. The summed E-state index contributed by atoms with van der Waals surface area (Å²) in [6.45, 7) is 15.6. The number of carboxylic acids is 4. The van der Waals surface area contributed by atoms with Crippen molar-refractivity contribution in [1.29, 1.82) is 0 Å². The van der Waals surface area contributed by atoms with Crippen LogP contribution in [0.5, 0.6) is 0 Å². The van der Waals surface area contributed by atoms with Gasteiger partial charge in [-0.25, -0.2) is 0 Å². The third-order valence-electron chi connectivity index (χ3n) is 11.7. The highest BCUT2D eigenvalue weighted by atomic mass is 16.4. The Morgan fingerprint density at radius 2 is 0.782 bits per heavy atom. The van der Waals surface area contributed by atoms with Gasteiger partial charge in [0.05, 0.1) is 0 Å². The molecule has 0 aliphatic carbocycles. The van der Waals surface area contributed by atoms with Crippen molar-refractivity contribution < 1.29 is 39.6 Å². The summed E-state index contributed by atoms with van der Waals surface area (Å²) in [5.74, 6) is 2.95. The van der Waals surface area contributed by atoms with Crippen molar-refractivity contribution >= 4 is 34.6 Å². The highest BCUT2D eigenvalue weighted by molar-refractivity contribution is 5.83. The molecule has 0 spiro atoms. The van der Waals surface area contributed by atoms with Gasteiger partial charge in [0.2, 0.25) is 0 Å². The molecular weight excluding hydrogens is 979 g/mol. The zero-order chi connectivity index (χ0) is 57.0. The molecule has 6 aromatic carbocycles. The van der Waals surface area contributed by atoms with E-state index in [1.807, 2.05) is 195 Å². The van der Waals surface area contributed by atoms with Crippen LogP contribution in [-0.2, 0) is 44.9 Å². The molecule has 0 saturated carbocycles. The average molecular weight is 1060 g/mol. The number of rotatable bonds is 21. The Morgan fingerprint density at radius 1 is 0.385 bits per heavy atom. The number of nitrogens with one attached hydrogen (secondary N) is 4. The lowest BCUT2D eigenvalue weighted by molar-refractivity contribution is -0.140. The number of hydrogen-bond donors (Lipinski definition) is 8. The lowest BCUT2D eigenvalue weighted by Crippen LogP contribution is -2.42. The zero-order valence-electron chi connectivity index (χ0n) is 46.1. The van der Waals surface area contributed by atoms with E-state index in [1.54, 1.807) is 6.20 Å². The van der Waals surface area contributed by atoms with Crippen molar-refractivity contribution in [2.24, 2.45) is 0 Å². The van der Waals surface area contributed by atoms with Crippen LogP contribution in [0.2, 0.25) is 0 Å². The predicted molar refractivity (Wildman–Crippen MR) is 313 cm³/mol. The van der Waals surface area contributed by atoms with Crippen LogP contribution in [0.15, 0.2) is 176 Å². The molecule has 0 aliphatic rings. The Labute approximate surface area is 460 Å². The maximum atomic E-state index is 11.3. The standard InChI is InChI=1S/C20H21NO2.C18H21NO2.C16H19NO2.C11H16N2O2/c1-15(2)21-19(20(22)23)14-18-10-6-9-17(13-18)12-11-16-7-4-3-5-8-16;1-13(2)19-17(18(20)21)12-14-7-6-10-16(11-14)15-8-4-3-5-9-15;1-11(2)17-15(16(18)19)10-12-7-8-13-5-3-4-6-14(13)9-12;1-8(2)13-10(11(14)15)7-9-5-3-4-6-12-9/h3-10,13,15,19,21H,14H2,1-2H3,(H,22,23);3-11,13,17,19H,12H2,1-2H3,(H,20,21);3-9,11,15,17H,10H2,1-2H3,(H,18,19);3-6,8,10,13H,7H2,1-2H3,(H,14,15). The van der Waals surface area contributed by atoms with Gasteiger partial charge in [-0.2, -0.15) is 0 Å². The van der Waals surface area contributed by atoms with E-state index in [-0.39, 0.29) is 24.2 Å². The number of aromatic nitrogens is 1. The summed E-state index contributed by atoms with van der Waals surface area (Å²) in [5.41, 5.74) is 7.92. The average Bonchev–Trinajstić information content (AvgIpc) is 3.41. The van der Waals surface area contributed by atoms with E-state index >= 15 is 0 Å². The molecule has 1 heterocycles. The number of benzene rings is 6. The highest BCUT2D eigenvalue weighted by Gasteiger charge is 2.22. The first-order valence-electron chi connectivity index (χ1n) is 26.4. The number of fused-ring (bicyclic) bond motifs is 1. The summed E-state index contributed by atoms with van der Waals surface area (Å²) in [6, 6.07) is 53.7. The van der Waals surface area contributed by atoms with E-state index in [2.05, 4.69) is 68.4 Å². The molecule has 78 heavy (non-hydrogen) atoms. The molecule has 4 atom stereocenters. The van der Waals surface area contributed by atoms with Crippen molar-refractivity contribution in [2.75, 3.05) is 0 Å². The van der Waals surface area contributed by atoms with Crippen LogP contribution in [-0.4, -0.2) is 97.6 Å². The van der Waals surface area contributed by atoms with Crippen LogP contribution in [0.4, 0.5) is 0 Å². The van der Waals surface area contributed by atoms with E-state index in [4.69, 9.17) is 5.11 Å². The van der Waals surface area contributed by atoms with Gasteiger partial charge >= 0.3 is 23.9 Å². The summed E-state index contributed by atoms with van der Waals surface area (Å²) < 4.78 is 0. The molecule has 0 amide bonds. The largest absolute Gasteiger partial charge is 0.480 e. The molecule has 1 aromatic heterocycles. The van der Waals surface area contributed by atoms with Crippen molar-refractivity contribution in [3.63, 3.8) is 0 Å². The fraction of sp³-hybridized carbons (Fsp3) is 0.308. The van der Waals surface area contributed by atoms with Crippen LogP contribution in [0, 0.1) is 11.8 Å². The van der Waals surface area contributed by atoms with Crippen LogP contribution >= 0.6 is 0 Å². The summed E-state index contributed by atoms with van der Waals surface area (Å²) in [7, 11) is 0. The summed E-state index contributed by atoms with van der Waals surface area (Å²) in [5, 5.41) is 51.4. The molecule has 13 heteroatoms. The SMILES string of the molecule is CC(C)NC(Cc1ccc2ccccc2c1)C(=O)O.CC(C)NC(Cc1cccc(-c2ccccc2)c1)C(=O)O.CC(C)NC(Cc1cccc(C#Cc2ccccc2)c1)C(=O)O.CC(C)NC(Cc1ccccn1)C(=O)O. The minimum Gasteiger partial charge on any atom is -0.480 e. The van der Waals surface area contributed by atoms with Gasteiger partial charge in [0.1, 0.15) is 24.2 Å². The Hall–Kier alpha value is -7.99. The van der Waals surface area contributed by atoms with Crippen LogP contribution in [0.25, 0.3) is 21.9 Å². The summed E-state index contributed by atoms with van der Waals surface area (Å²) in [6.07, 6.45) is 3.50. The van der Waals surface area contributed by atoms with Gasteiger partial charge in [0.25, 0.3) is 0 Å². The number of carboxylic acid groups (broad SMARTS) is 4. The van der Waals surface area contributed by atoms with Crippen molar-refractivity contribution in [3.05, 3.63) is 210 Å². The monoisotopic (exact) mass is 1060 g/mol. The van der Waals surface area contributed by atoms with Crippen molar-refractivity contribution in [2.45, 2.75) is 129 Å². The maximum Gasteiger partial charge on any atom is 0.321 e. The van der Waals surface area contributed by atoms with E-state index in [1.165, 1.54) is 5.39 Å². The molecule has 0 aliphatic heterocycles. The van der Waals surface area contributed by atoms with E-state index in [0.29, 0.717) is 25.7 Å². The molecule has 7 rings (SSSR count). The Morgan fingerprint density at radius 3 is 1.27 bits per heavy atom. The third kappa shape index (κ3) is 23.9. The number of hydrogen-bond acceptors (Lipinski definition) is 9. The predicted octanol–water partition coefficient (Wildman–Crippen LogP) is 10.3. The summed E-state index contributed by atoms with van der Waals surface area (Å²) >= 11 is 0. The number of aliphatic carboxylic acids is 4. The Bertz CT molecular complexity index is 2990. The van der Waals surface area contributed by atoms with Crippen LogP contribution in [0.1, 0.15) is 88.9 Å². The van der Waals surface area contributed by atoms with E-state index in [9.17, 15) is 34.5 Å². The topological polar surface area (TPSA) is 210 Å². The zero-order valence-corrected chi connectivity index (χ0v) is 46.1. The van der Waals surface area contributed by atoms with Crippen molar-refractivity contribution in [3.8, 4) is 23.0 Å². The smallest absolute Gasteiger partial charge is 0.321 e. The molecule has 13 nitrogen and oxygen atoms in total. The fourth-order valence-corrected chi connectivity index (χ4v) is 8.23. The minimum atomic E-state index is -0.839. The number of nitrogens with zero attached hydrogens (tertiary/aromatic N) is 1. The second-order valence-electron chi connectivity index (χ2n) is 20.1. The van der Waals surface area contributed by atoms with E-state index in [0.717, 1.165) is 50.0 Å². The van der Waals surface area contributed by atoms with Gasteiger partial charge in [-0.1, -0.05) is 201 Å². The molecule has 0 fully saturated rings. The lowest BCUT2D eigenvalue weighted by atomic mass is 9.99. The second kappa shape index (κ2) is 33.2. The van der Waals surface area contributed by atoms with Crippen LogP contribution < -0.4 is 21.3 Å². The molecule has 410 valence electrons. The molecular formula is C65H77N5O8. The maximum absolute atomic E-state index is 11.3. The molecule has 0 saturated heterocycles. The van der Waals surface area contributed by atoms with E-state index < -0.39 is 48.0 Å². The molecule has 8 N–H and O–H groups in total. The minimum absolute atomic E-state index is 0.122. The van der Waals surface area contributed by atoms with Crippen LogP contribution in [0.3, 0.4) is 0 Å². The van der Waals surface area contributed by atoms with Gasteiger partial charge in [0.15, 0.2) is 0 Å². The fourth-order valence-electron chi connectivity index (χ4n) is 8.23. The van der Waals surface area contributed by atoms with Gasteiger partial charge in [-0.05, 0) is 94.3 Å². The normalized spacial score (nSPS) is 12.3. The lowest BCUT2D eigenvalue weighted by Gasteiger charge is -2.17. The second-order valence-corrected chi connectivity index (χ2v) is 20.1. The van der Waals surface area contributed by atoms with Gasteiger partial charge < -0.3 is 41.7 Å². The molecule has 4 unspecified atom stereocenters. The first kappa shape index (κ1) is 62.5. The first-order valence-corrected chi connectivity index (χ1v) is 26.4. The first-order chi connectivity index (χ1) is 37.3. The molecule has 0 radical (unpaired) electrons. The van der Waals surface area contributed by atoms with Gasteiger partial charge in [-0.3, -0.25) is 24.2 Å².